The molecule has 1 N–H and O–H groups in total. The molecule has 0 aromatic carbocycles. The van der Waals surface area contributed by atoms with Crippen LogP contribution in [-0.2, 0) is 9.53 Å². The Kier molecular flexibility index (Phi) is 7.25. The SMILES string of the molecule is CCCCC(=O)NCCN1CCN(C(=O)OC)CC1. The van der Waals surface area contributed by atoms with Crippen molar-refractivity contribution in [3.63, 3.8) is 0 Å². The van der Waals surface area contributed by atoms with Crippen LogP contribution in [0.15, 0.2) is 0 Å². The van der Waals surface area contributed by atoms with Crippen LogP contribution in [0.25, 0.3) is 0 Å². The summed E-state index contributed by atoms with van der Waals surface area (Å²) in [5.41, 5.74) is 0. The van der Waals surface area contributed by atoms with Gasteiger partial charge in [-0.15, -0.1) is 0 Å². The van der Waals surface area contributed by atoms with Crippen molar-refractivity contribution in [3.8, 4) is 0 Å². The van der Waals surface area contributed by atoms with Crippen LogP contribution in [0.3, 0.4) is 0 Å². The lowest BCUT2D eigenvalue weighted by Gasteiger charge is -2.33. The number of piperazine rings is 1. The molecular formula is C13H25N3O3. The van der Waals surface area contributed by atoms with Gasteiger partial charge in [-0.1, -0.05) is 13.3 Å². The standard InChI is InChI=1S/C13H25N3O3/c1-3-4-5-12(17)14-6-7-15-8-10-16(11-9-15)13(18)19-2/h3-11H2,1-2H3,(H,14,17). The average Bonchev–Trinajstić information content (AvgIpc) is 2.45. The van der Waals surface area contributed by atoms with Gasteiger partial charge in [0.2, 0.25) is 5.91 Å². The number of hydrogen-bond acceptors (Lipinski definition) is 4. The van der Waals surface area contributed by atoms with Crippen molar-refractivity contribution < 1.29 is 14.3 Å². The molecule has 0 unspecified atom stereocenters. The fraction of sp³-hybridized carbons (Fsp3) is 0.846. The van der Waals surface area contributed by atoms with Crippen molar-refractivity contribution in [2.75, 3.05) is 46.4 Å². The number of nitrogens with one attached hydrogen (secondary N) is 1. The van der Waals surface area contributed by atoms with Gasteiger partial charge >= 0.3 is 6.09 Å². The minimum absolute atomic E-state index is 0.134. The number of carbonyl (C=O) groups is 2. The first-order valence-electron chi connectivity index (χ1n) is 6.99. The van der Waals surface area contributed by atoms with Gasteiger partial charge in [-0.3, -0.25) is 9.69 Å². The zero-order valence-electron chi connectivity index (χ0n) is 12.0. The molecule has 0 radical (unpaired) electrons. The number of nitrogens with zero attached hydrogens (tertiary/aromatic N) is 2. The molecule has 1 saturated heterocycles. The number of methoxy groups -OCH3 is 1. The molecule has 1 rings (SSSR count). The molecule has 1 fully saturated rings. The molecule has 0 aromatic heterocycles. The molecule has 0 atom stereocenters. The fourth-order valence-corrected chi connectivity index (χ4v) is 2.06. The van der Waals surface area contributed by atoms with E-state index in [1.807, 2.05) is 0 Å². The normalized spacial score (nSPS) is 16.2. The van der Waals surface area contributed by atoms with E-state index in [1.54, 1.807) is 4.90 Å². The Balaban J connectivity index is 2.09. The predicted octanol–water partition coefficient (Wildman–Crippen LogP) is 0.677. The van der Waals surface area contributed by atoms with E-state index in [-0.39, 0.29) is 12.0 Å². The molecule has 6 nitrogen and oxygen atoms in total. The average molecular weight is 271 g/mol. The Morgan fingerprint density at radius 2 is 1.89 bits per heavy atom. The zero-order chi connectivity index (χ0) is 14.1. The maximum Gasteiger partial charge on any atom is 0.409 e. The van der Waals surface area contributed by atoms with Gasteiger partial charge in [-0.2, -0.15) is 0 Å². The Morgan fingerprint density at radius 3 is 2.47 bits per heavy atom. The highest BCUT2D eigenvalue weighted by Crippen LogP contribution is 2.02. The van der Waals surface area contributed by atoms with Gasteiger partial charge in [0, 0.05) is 45.7 Å². The summed E-state index contributed by atoms with van der Waals surface area (Å²) < 4.78 is 4.69. The van der Waals surface area contributed by atoms with Gasteiger partial charge in [0.1, 0.15) is 0 Å². The van der Waals surface area contributed by atoms with E-state index >= 15 is 0 Å². The molecule has 1 aliphatic heterocycles. The quantitative estimate of drug-likeness (QED) is 0.771. The molecule has 0 aliphatic carbocycles. The van der Waals surface area contributed by atoms with Crippen LogP contribution < -0.4 is 5.32 Å². The molecule has 6 heteroatoms. The lowest BCUT2D eigenvalue weighted by atomic mass is 10.2. The van der Waals surface area contributed by atoms with Gasteiger partial charge in [0.15, 0.2) is 0 Å². The third-order valence-electron chi connectivity index (χ3n) is 3.31. The highest BCUT2D eigenvalue weighted by molar-refractivity contribution is 5.75. The van der Waals surface area contributed by atoms with Gasteiger partial charge < -0.3 is 15.0 Å². The van der Waals surface area contributed by atoms with Gasteiger partial charge in [-0.05, 0) is 6.42 Å². The highest BCUT2D eigenvalue weighted by atomic mass is 16.5. The molecule has 0 bridgehead atoms. The van der Waals surface area contributed by atoms with Crippen LogP contribution in [-0.4, -0.2) is 68.2 Å². The number of hydrogen-bond donors (Lipinski definition) is 1. The van der Waals surface area contributed by atoms with E-state index in [1.165, 1.54) is 7.11 Å². The van der Waals surface area contributed by atoms with Crippen LogP contribution in [0.2, 0.25) is 0 Å². The second-order valence-corrected chi connectivity index (χ2v) is 4.75. The summed E-state index contributed by atoms with van der Waals surface area (Å²) in [5.74, 6) is 0.134. The summed E-state index contributed by atoms with van der Waals surface area (Å²) >= 11 is 0. The molecule has 1 heterocycles. The minimum atomic E-state index is -0.257. The summed E-state index contributed by atoms with van der Waals surface area (Å²) in [6.45, 7) is 6.65. The van der Waals surface area contributed by atoms with E-state index in [0.29, 0.717) is 26.1 Å². The lowest BCUT2D eigenvalue weighted by Crippen LogP contribution is -2.50. The topological polar surface area (TPSA) is 61.9 Å². The molecule has 0 spiro atoms. The van der Waals surface area contributed by atoms with Crippen LogP contribution in [0.5, 0.6) is 0 Å². The first kappa shape index (κ1) is 15.8. The molecule has 110 valence electrons. The largest absolute Gasteiger partial charge is 0.453 e. The number of amides is 2. The summed E-state index contributed by atoms with van der Waals surface area (Å²) in [4.78, 5) is 26.7. The van der Waals surface area contributed by atoms with Gasteiger partial charge in [-0.25, -0.2) is 4.79 Å². The van der Waals surface area contributed by atoms with Crippen molar-refractivity contribution in [3.05, 3.63) is 0 Å². The smallest absolute Gasteiger partial charge is 0.409 e. The maximum atomic E-state index is 11.4. The van der Waals surface area contributed by atoms with E-state index in [0.717, 1.165) is 32.5 Å². The van der Waals surface area contributed by atoms with Crippen LogP contribution in [0, 0.1) is 0 Å². The Bertz CT molecular complexity index is 289. The monoisotopic (exact) mass is 271 g/mol. The first-order valence-corrected chi connectivity index (χ1v) is 6.99. The Morgan fingerprint density at radius 1 is 1.21 bits per heavy atom. The third kappa shape index (κ3) is 5.92. The number of unbranched alkanes of at least 4 members (excludes halogenated alkanes) is 1. The van der Waals surface area contributed by atoms with Crippen LogP contribution in [0.1, 0.15) is 26.2 Å². The number of rotatable bonds is 6. The van der Waals surface area contributed by atoms with E-state index in [9.17, 15) is 9.59 Å². The fourth-order valence-electron chi connectivity index (χ4n) is 2.06. The van der Waals surface area contributed by atoms with Crippen molar-refractivity contribution in [1.29, 1.82) is 0 Å². The highest BCUT2D eigenvalue weighted by Gasteiger charge is 2.20. The van der Waals surface area contributed by atoms with Crippen molar-refractivity contribution in [1.82, 2.24) is 15.1 Å². The van der Waals surface area contributed by atoms with Crippen molar-refractivity contribution in [2.45, 2.75) is 26.2 Å². The molecule has 0 saturated carbocycles. The van der Waals surface area contributed by atoms with Crippen molar-refractivity contribution in [2.24, 2.45) is 0 Å². The van der Waals surface area contributed by atoms with Gasteiger partial charge in [0.25, 0.3) is 0 Å². The van der Waals surface area contributed by atoms with Crippen LogP contribution in [0.4, 0.5) is 4.79 Å². The third-order valence-corrected chi connectivity index (χ3v) is 3.31. The summed E-state index contributed by atoms with van der Waals surface area (Å²) in [6, 6.07) is 0. The Hall–Kier alpha value is -1.30. The molecule has 1 aliphatic rings. The summed E-state index contributed by atoms with van der Waals surface area (Å²) in [5, 5.41) is 2.92. The maximum absolute atomic E-state index is 11.4. The Labute approximate surface area is 115 Å². The van der Waals surface area contributed by atoms with Gasteiger partial charge in [0.05, 0.1) is 7.11 Å². The summed E-state index contributed by atoms with van der Waals surface area (Å²) in [7, 11) is 1.40. The number of carbonyl (C=O) groups excluding carboxylic acids is 2. The van der Waals surface area contributed by atoms with E-state index in [2.05, 4.69) is 21.9 Å². The van der Waals surface area contributed by atoms with Crippen LogP contribution >= 0.6 is 0 Å². The zero-order valence-corrected chi connectivity index (χ0v) is 12.0. The minimum Gasteiger partial charge on any atom is -0.453 e. The first-order chi connectivity index (χ1) is 9.17. The molecule has 0 aromatic rings. The second kappa shape index (κ2) is 8.74. The predicted molar refractivity (Wildman–Crippen MR) is 73.0 cm³/mol. The summed E-state index contributed by atoms with van der Waals surface area (Å²) in [6.07, 6.45) is 2.35. The number of ether oxygens (including phenoxy) is 1. The molecule has 2 amide bonds. The molecular weight excluding hydrogens is 246 g/mol. The molecule has 19 heavy (non-hydrogen) atoms. The van der Waals surface area contributed by atoms with E-state index < -0.39 is 0 Å². The lowest BCUT2D eigenvalue weighted by molar-refractivity contribution is -0.121. The second-order valence-electron chi connectivity index (χ2n) is 4.75. The van der Waals surface area contributed by atoms with E-state index in [4.69, 9.17) is 0 Å². The van der Waals surface area contributed by atoms with Crippen molar-refractivity contribution >= 4 is 12.0 Å².